The van der Waals surface area contributed by atoms with Gasteiger partial charge in [0, 0.05) is 13.1 Å². The molecule has 0 bridgehead atoms. The van der Waals surface area contributed by atoms with Crippen LogP contribution >= 0.6 is 0 Å². The van der Waals surface area contributed by atoms with Crippen LogP contribution in [0.2, 0.25) is 0 Å². The molecule has 0 rings (SSSR count). The molecule has 0 aliphatic rings. The normalized spacial score (nSPS) is 12.2. The first-order chi connectivity index (χ1) is 7.55. The first-order valence-electron chi connectivity index (χ1n) is 6.23. The minimum Gasteiger partial charge on any atom is -0.315 e. The topological polar surface area (TPSA) is 58.2 Å². The Bertz CT molecular complexity index is 249. The predicted octanol–water partition coefficient (Wildman–Crippen LogP) is 1.34. The molecule has 0 aliphatic carbocycles. The van der Waals surface area contributed by atoms with Crippen molar-refractivity contribution in [2.45, 2.75) is 40.0 Å². The smallest absolute Gasteiger partial charge is 0.211 e. The fraction of sp³-hybridized carbons (Fsp3) is 1.00. The van der Waals surface area contributed by atoms with Crippen molar-refractivity contribution >= 4 is 10.0 Å². The summed E-state index contributed by atoms with van der Waals surface area (Å²) in [4.78, 5) is 0. The van der Waals surface area contributed by atoms with Gasteiger partial charge in [-0.2, -0.15) is 0 Å². The van der Waals surface area contributed by atoms with Crippen LogP contribution < -0.4 is 10.0 Å². The lowest BCUT2D eigenvalue weighted by Crippen LogP contribution is -2.35. The fourth-order valence-corrected chi connectivity index (χ4v) is 3.11. The molecular formula is C11H26N2O2S. The Hall–Kier alpha value is -0.130. The molecule has 0 saturated carbocycles. The molecule has 0 unspecified atom stereocenters. The highest BCUT2D eigenvalue weighted by Crippen LogP contribution is 2.09. The number of sulfonamides is 1. The van der Waals surface area contributed by atoms with E-state index in [0.717, 1.165) is 25.8 Å². The summed E-state index contributed by atoms with van der Waals surface area (Å²) in [5.74, 6) is 0.537. The second kappa shape index (κ2) is 8.96. The van der Waals surface area contributed by atoms with E-state index in [4.69, 9.17) is 0 Å². The minimum absolute atomic E-state index is 0.258. The highest BCUT2D eigenvalue weighted by molar-refractivity contribution is 7.89. The van der Waals surface area contributed by atoms with Gasteiger partial charge in [-0.3, -0.25) is 0 Å². The average Bonchev–Trinajstić information content (AvgIpc) is 2.25. The molecule has 0 aliphatic heterocycles. The van der Waals surface area contributed by atoms with Crippen LogP contribution in [0, 0.1) is 5.92 Å². The zero-order valence-corrected chi connectivity index (χ0v) is 11.6. The fourth-order valence-electron chi connectivity index (χ4n) is 1.49. The Kier molecular flexibility index (Phi) is 8.89. The van der Waals surface area contributed by atoms with E-state index in [1.807, 2.05) is 13.8 Å². The lowest BCUT2D eigenvalue weighted by Gasteiger charge is -2.13. The third-order valence-electron chi connectivity index (χ3n) is 2.66. The first kappa shape index (κ1) is 15.9. The minimum atomic E-state index is -3.08. The average molecular weight is 250 g/mol. The summed E-state index contributed by atoms with van der Waals surface area (Å²) in [6, 6.07) is 0. The van der Waals surface area contributed by atoms with Gasteiger partial charge in [-0.05, 0) is 18.9 Å². The van der Waals surface area contributed by atoms with E-state index in [9.17, 15) is 8.42 Å². The summed E-state index contributed by atoms with van der Waals surface area (Å²) < 4.78 is 25.9. The molecule has 0 fully saturated rings. The van der Waals surface area contributed by atoms with E-state index >= 15 is 0 Å². The predicted molar refractivity (Wildman–Crippen MR) is 69.0 cm³/mol. The van der Waals surface area contributed by atoms with E-state index in [2.05, 4.69) is 17.0 Å². The summed E-state index contributed by atoms with van der Waals surface area (Å²) >= 11 is 0. The number of hydrogen-bond donors (Lipinski definition) is 2. The van der Waals surface area contributed by atoms with E-state index < -0.39 is 10.0 Å². The maximum Gasteiger partial charge on any atom is 0.211 e. The monoisotopic (exact) mass is 250 g/mol. The summed E-state index contributed by atoms with van der Waals surface area (Å²) in [6.45, 7) is 8.29. The zero-order chi connectivity index (χ0) is 12.4. The van der Waals surface area contributed by atoms with Crippen LogP contribution in [0.1, 0.15) is 40.0 Å². The first-order valence-corrected chi connectivity index (χ1v) is 7.89. The number of rotatable bonds is 10. The van der Waals surface area contributed by atoms with Gasteiger partial charge in [0.2, 0.25) is 10.0 Å². The van der Waals surface area contributed by atoms with Gasteiger partial charge in [0.1, 0.15) is 0 Å². The number of hydrogen-bond acceptors (Lipinski definition) is 3. The summed E-state index contributed by atoms with van der Waals surface area (Å²) in [6.07, 6.45) is 2.91. The SMILES string of the molecule is CCCNCCNS(=O)(=O)CC(CC)CC. The van der Waals surface area contributed by atoms with Gasteiger partial charge < -0.3 is 5.32 Å². The van der Waals surface area contributed by atoms with E-state index in [-0.39, 0.29) is 11.7 Å². The molecule has 4 nitrogen and oxygen atoms in total. The second-order valence-corrected chi connectivity index (χ2v) is 5.96. The molecule has 5 heteroatoms. The molecule has 0 heterocycles. The van der Waals surface area contributed by atoms with E-state index in [1.165, 1.54) is 0 Å². The molecule has 0 radical (unpaired) electrons. The maximum absolute atomic E-state index is 11.7. The molecule has 98 valence electrons. The summed E-state index contributed by atoms with van der Waals surface area (Å²) in [5.41, 5.74) is 0. The van der Waals surface area contributed by atoms with Gasteiger partial charge in [0.15, 0.2) is 0 Å². The Morgan fingerprint density at radius 3 is 2.12 bits per heavy atom. The molecule has 0 aromatic heterocycles. The highest BCUT2D eigenvalue weighted by Gasteiger charge is 2.15. The van der Waals surface area contributed by atoms with Crippen molar-refractivity contribution in [1.29, 1.82) is 0 Å². The maximum atomic E-state index is 11.7. The highest BCUT2D eigenvalue weighted by atomic mass is 32.2. The van der Waals surface area contributed by atoms with E-state index in [0.29, 0.717) is 13.1 Å². The molecule has 2 N–H and O–H groups in total. The van der Waals surface area contributed by atoms with Crippen LogP contribution in [0.25, 0.3) is 0 Å². The molecule has 0 spiro atoms. The molecular weight excluding hydrogens is 224 g/mol. The third kappa shape index (κ3) is 8.07. The lowest BCUT2D eigenvalue weighted by molar-refractivity contribution is 0.515. The van der Waals surface area contributed by atoms with Crippen LogP contribution in [0.4, 0.5) is 0 Å². The van der Waals surface area contributed by atoms with Gasteiger partial charge >= 0.3 is 0 Å². The van der Waals surface area contributed by atoms with Gasteiger partial charge in [-0.25, -0.2) is 13.1 Å². The Balaban J connectivity index is 3.78. The molecule has 0 saturated heterocycles. The quantitative estimate of drug-likeness (QED) is 0.575. The van der Waals surface area contributed by atoms with Crippen LogP contribution in [-0.4, -0.2) is 33.8 Å². The van der Waals surface area contributed by atoms with Crippen molar-refractivity contribution in [3.63, 3.8) is 0 Å². The zero-order valence-electron chi connectivity index (χ0n) is 10.8. The Morgan fingerprint density at radius 2 is 1.62 bits per heavy atom. The molecule has 0 aromatic carbocycles. The molecule has 0 aromatic rings. The van der Waals surface area contributed by atoms with Crippen LogP contribution in [0.15, 0.2) is 0 Å². The largest absolute Gasteiger partial charge is 0.315 e. The van der Waals surface area contributed by atoms with Crippen molar-refractivity contribution in [3.8, 4) is 0 Å². The van der Waals surface area contributed by atoms with Crippen molar-refractivity contribution in [2.75, 3.05) is 25.4 Å². The van der Waals surface area contributed by atoms with Crippen molar-refractivity contribution in [3.05, 3.63) is 0 Å². The molecule has 0 amide bonds. The number of nitrogens with one attached hydrogen (secondary N) is 2. The van der Waals surface area contributed by atoms with Crippen LogP contribution in [-0.2, 0) is 10.0 Å². The summed E-state index contributed by atoms with van der Waals surface area (Å²) in [7, 11) is -3.08. The summed E-state index contributed by atoms with van der Waals surface area (Å²) in [5, 5.41) is 3.16. The van der Waals surface area contributed by atoms with Crippen LogP contribution in [0.3, 0.4) is 0 Å². The van der Waals surface area contributed by atoms with Crippen molar-refractivity contribution in [2.24, 2.45) is 5.92 Å². The van der Waals surface area contributed by atoms with Crippen LogP contribution in [0.5, 0.6) is 0 Å². The molecule has 0 atom stereocenters. The van der Waals surface area contributed by atoms with Crippen molar-refractivity contribution < 1.29 is 8.42 Å². The van der Waals surface area contributed by atoms with Gasteiger partial charge in [-0.1, -0.05) is 33.6 Å². The second-order valence-electron chi connectivity index (χ2n) is 4.11. The Labute approximate surface area is 100 Å². The molecule has 16 heavy (non-hydrogen) atoms. The van der Waals surface area contributed by atoms with Gasteiger partial charge in [0.05, 0.1) is 5.75 Å². The van der Waals surface area contributed by atoms with Gasteiger partial charge in [-0.15, -0.1) is 0 Å². The third-order valence-corrected chi connectivity index (χ3v) is 4.21. The van der Waals surface area contributed by atoms with Crippen molar-refractivity contribution in [1.82, 2.24) is 10.0 Å². The standard InChI is InChI=1S/C11H26N2O2S/c1-4-7-12-8-9-13-16(14,15)10-11(5-2)6-3/h11-13H,4-10H2,1-3H3. The van der Waals surface area contributed by atoms with Gasteiger partial charge in [0.25, 0.3) is 0 Å². The Morgan fingerprint density at radius 1 is 1.00 bits per heavy atom. The van der Waals surface area contributed by atoms with E-state index in [1.54, 1.807) is 0 Å². The lowest BCUT2D eigenvalue weighted by atomic mass is 10.1.